The third-order valence-electron chi connectivity index (χ3n) is 0.788. The minimum atomic E-state index is 0.363. The first-order chi connectivity index (χ1) is 4.52. The average molecular weight is 206 g/mol. The maximum atomic E-state index is 4.27. The fourth-order valence-corrected chi connectivity index (χ4v) is 1.46. The summed E-state index contributed by atoms with van der Waals surface area (Å²) in [7, 11) is 0. The van der Waals surface area contributed by atoms with Crippen molar-refractivity contribution in [3.63, 3.8) is 0 Å². The molecule has 0 aliphatic carbocycles. The van der Waals surface area contributed by atoms with Crippen LogP contribution in [-0.4, -0.2) is 32.8 Å². The van der Waals surface area contributed by atoms with Crippen molar-refractivity contribution in [2.75, 3.05) is 0 Å². The molecule has 3 heteroatoms. The standard InChI is InChI=1S/C7H15N2Se/c1-5(2)8-7(10)9-6(3)4/h5-6H,1-4H3,(H,8,9). The number of rotatable bonds is 2. The van der Waals surface area contributed by atoms with Crippen LogP contribution in [0.5, 0.6) is 0 Å². The molecule has 59 valence electrons. The van der Waals surface area contributed by atoms with E-state index in [1.54, 1.807) is 0 Å². The van der Waals surface area contributed by atoms with Gasteiger partial charge in [0.05, 0.1) is 0 Å². The average Bonchev–Trinajstić information content (AvgIpc) is 1.58. The van der Waals surface area contributed by atoms with E-state index in [4.69, 9.17) is 0 Å². The number of hydrogen-bond acceptors (Lipinski definition) is 1. The van der Waals surface area contributed by atoms with Crippen LogP contribution in [0.15, 0.2) is 4.99 Å². The van der Waals surface area contributed by atoms with Gasteiger partial charge in [-0.3, -0.25) is 0 Å². The monoisotopic (exact) mass is 207 g/mol. The van der Waals surface area contributed by atoms with Gasteiger partial charge in [0.2, 0.25) is 0 Å². The Labute approximate surface area is 71.3 Å². The van der Waals surface area contributed by atoms with E-state index in [2.05, 4.69) is 54.0 Å². The van der Waals surface area contributed by atoms with Crippen molar-refractivity contribution in [3.8, 4) is 0 Å². The predicted molar refractivity (Wildman–Crippen MR) is 46.6 cm³/mol. The van der Waals surface area contributed by atoms with Gasteiger partial charge in [0.1, 0.15) is 0 Å². The summed E-state index contributed by atoms with van der Waals surface area (Å²) in [4.78, 5) is 4.27. The quantitative estimate of drug-likeness (QED) is 0.405. The van der Waals surface area contributed by atoms with E-state index in [9.17, 15) is 0 Å². The van der Waals surface area contributed by atoms with Crippen LogP contribution in [0.1, 0.15) is 27.7 Å². The summed E-state index contributed by atoms with van der Waals surface area (Å²) in [6.07, 6.45) is 0. The molecule has 0 spiro atoms. The van der Waals surface area contributed by atoms with Crippen LogP contribution in [0.2, 0.25) is 0 Å². The van der Waals surface area contributed by atoms with Crippen molar-refractivity contribution < 1.29 is 0 Å². The summed E-state index contributed by atoms with van der Waals surface area (Å²) < 4.78 is 0.907. The molecule has 0 amide bonds. The first kappa shape index (κ1) is 9.99. The zero-order valence-electron chi connectivity index (χ0n) is 7.01. The van der Waals surface area contributed by atoms with E-state index in [1.807, 2.05) is 0 Å². The molecule has 0 aromatic heterocycles. The van der Waals surface area contributed by atoms with Crippen LogP contribution in [0.25, 0.3) is 0 Å². The summed E-state index contributed by atoms with van der Waals surface area (Å²) in [6.45, 7) is 8.29. The van der Waals surface area contributed by atoms with Crippen molar-refractivity contribution in [2.45, 2.75) is 39.8 Å². The molecule has 0 heterocycles. The predicted octanol–water partition coefficient (Wildman–Crippen LogP) is 0.917. The molecular formula is C7H15N2Se. The Morgan fingerprint density at radius 2 is 1.80 bits per heavy atom. The normalized spacial score (nSPS) is 12.8. The van der Waals surface area contributed by atoms with Crippen molar-refractivity contribution in [3.05, 3.63) is 0 Å². The van der Waals surface area contributed by atoms with Crippen LogP contribution in [-0.2, 0) is 0 Å². The molecule has 0 saturated carbocycles. The van der Waals surface area contributed by atoms with Gasteiger partial charge >= 0.3 is 70.8 Å². The van der Waals surface area contributed by atoms with E-state index in [0.29, 0.717) is 12.1 Å². The Bertz CT molecular complexity index is 119. The first-order valence-electron chi connectivity index (χ1n) is 3.53. The second-order valence-corrected chi connectivity index (χ2v) is 3.64. The summed E-state index contributed by atoms with van der Waals surface area (Å²) in [6, 6.07) is 0.821. The Morgan fingerprint density at radius 3 is 2.10 bits per heavy atom. The Balaban J connectivity index is 3.71. The SMILES string of the molecule is CC(C)N=C([Se])NC(C)C. The molecule has 0 aromatic rings. The van der Waals surface area contributed by atoms with E-state index in [0.717, 1.165) is 4.73 Å². The van der Waals surface area contributed by atoms with Crippen LogP contribution in [0.4, 0.5) is 0 Å². The molecule has 0 rings (SSSR count). The Hall–Kier alpha value is -0.0105. The first-order valence-corrected chi connectivity index (χ1v) is 4.39. The van der Waals surface area contributed by atoms with E-state index in [-0.39, 0.29) is 0 Å². The van der Waals surface area contributed by atoms with Gasteiger partial charge in [-0.1, -0.05) is 0 Å². The van der Waals surface area contributed by atoms with Crippen molar-refractivity contribution in [1.29, 1.82) is 0 Å². The number of aliphatic imine (C=N–C) groups is 1. The van der Waals surface area contributed by atoms with Crippen molar-refractivity contribution in [2.24, 2.45) is 4.99 Å². The molecule has 0 bridgehead atoms. The van der Waals surface area contributed by atoms with E-state index < -0.39 is 0 Å². The number of nitrogens with zero attached hydrogens (tertiary/aromatic N) is 1. The molecule has 1 radical (unpaired) electrons. The van der Waals surface area contributed by atoms with Gasteiger partial charge in [-0.25, -0.2) is 0 Å². The minimum absolute atomic E-state index is 0.363. The Kier molecular flexibility index (Phi) is 4.75. The number of nitrogens with one attached hydrogen (secondary N) is 1. The van der Waals surface area contributed by atoms with Gasteiger partial charge in [0.15, 0.2) is 0 Å². The molecular weight excluding hydrogens is 191 g/mol. The van der Waals surface area contributed by atoms with Crippen molar-refractivity contribution in [1.82, 2.24) is 5.32 Å². The van der Waals surface area contributed by atoms with Crippen LogP contribution in [0.3, 0.4) is 0 Å². The van der Waals surface area contributed by atoms with Gasteiger partial charge in [-0.05, 0) is 0 Å². The topological polar surface area (TPSA) is 24.4 Å². The second kappa shape index (κ2) is 4.75. The Morgan fingerprint density at radius 1 is 1.30 bits per heavy atom. The summed E-state index contributed by atoms with van der Waals surface area (Å²) in [5.41, 5.74) is 0. The van der Waals surface area contributed by atoms with E-state index >= 15 is 0 Å². The van der Waals surface area contributed by atoms with E-state index in [1.165, 1.54) is 0 Å². The zero-order valence-corrected chi connectivity index (χ0v) is 8.72. The van der Waals surface area contributed by atoms with Gasteiger partial charge < -0.3 is 0 Å². The molecule has 0 aliphatic rings. The van der Waals surface area contributed by atoms with Crippen LogP contribution in [0, 0.1) is 0 Å². The second-order valence-electron chi connectivity index (χ2n) is 2.83. The van der Waals surface area contributed by atoms with Crippen LogP contribution < -0.4 is 5.32 Å². The third-order valence-corrected chi connectivity index (χ3v) is 1.26. The molecule has 10 heavy (non-hydrogen) atoms. The van der Waals surface area contributed by atoms with Crippen molar-refractivity contribution >= 4 is 20.7 Å². The third kappa shape index (κ3) is 6.11. The molecule has 1 N–H and O–H groups in total. The molecule has 0 fully saturated rings. The zero-order chi connectivity index (χ0) is 8.15. The molecule has 0 unspecified atom stereocenters. The van der Waals surface area contributed by atoms with Crippen LogP contribution >= 0.6 is 0 Å². The molecule has 0 aromatic carbocycles. The van der Waals surface area contributed by atoms with Gasteiger partial charge in [-0.2, -0.15) is 0 Å². The summed E-state index contributed by atoms with van der Waals surface area (Å²) in [5.74, 6) is 0. The number of amidine groups is 1. The number of hydrogen-bond donors (Lipinski definition) is 1. The molecule has 2 nitrogen and oxygen atoms in total. The fourth-order valence-electron chi connectivity index (χ4n) is 0.519. The summed E-state index contributed by atoms with van der Waals surface area (Å²) in [5, 5.41) is 3.17. The van der Waals surface area contributed by atoms with Gasteiger partial charge in [0, 0.05) is 0 Å². The molecule has 0 saturated heterocycles. The molecule has 0 aliphatic heterocycles. The summed E-state index contributed by atoms with van der Waals surface area (Å²) >= 11 is 2.88. The molecule has 0 atom stereocenters. The van der Waals surface area contributed by atoms with Gasteiger partial charge in [0.25, 0.3) is 0 Å². The van der Waals surface area contributed by atoms with Gasteiger partial charge in [-0.15, -0.1) is 0 Å². The maximum absolute atomic E-state index is 4.27. The fraction of sp³-hybridized carbons (Fsp3) is 0.857.